The topological polar surface area (TPSA) is 29.1 Å². The van der Waals surface area contributed by atoms with Crippen LogP contribution >= 0.6 is 0 Å². The van der Waals surface area contributed by atoms with Crippen LogP contribution in [0.15, 0.2) is 12.3 Å². The summed E-state index contributed by atoms with van der Waals surface area (Å²) in [6.07, 6.45) is 2.00. The molecule has 0 rings (SSSR count). The molecule has 2 heteroatoms. The summed E-state index contributed by atoms with van der Waals surface area (Å²) in [5.41, 5.74) is 0.991. The van der Waals surface area contributed by atoms with Crippen molar-refractivity contribution in [1.82, 2.24) is 5.32 Å². The Kier molecular flexibility index (Phi) is 5.43. The zero-order valence-corrected chi connectivity index (χ0v) is 8.31. The van der Waals surface area contributed by atoms with Crippen LogP contribution in [0.4, 0.5) is 0 Å². The average molecular weight is 169 g/mol. The van der Waals surface area contributed by atoms with Gasteiger partial charge in [0.2, 0.25) is 0 Å². The number of hydrogen-bond donors (Lipinski definition) is 1. The summed E-state index contributed by atoms with van der Waals surface area (Å²) < 4.78 is 0. The standard InChI is InChI=1S/C10H19NO/c1-8(2)11-7-5-6-9(3)10(4)12/h9,11H,1,5-7H2,2-4H3/t9-/m0/s1. The van der Waals surface area contributed by atoms with E-state index >= 15 is 0 Å². The molecule has 0 aromatic carbocycles. The number of Topliss-reactive ketones (excluding diaryl/α,β-unsaturated/α-hetero) is 1. The fourth-order valence-corrected chi connectivity index (χ4v) is 0.913. The lowest BCUT2D eigenvalue weighted by atomic mass is 10.0. The lowest BCUT2D eigenvalue weighted by Crippen LogP contribution is -2.14. The van der Waals surface area contributed by atoms with E-state index in [1.165, 1.54) is 0 Å². The number of hydrogen-bond acceptors (Lipinski definition) is 2. The maximum Gasteiger partial charge on any atom is 0.132 e. The molecule has 2 nitrogen and oxygen atoms in total. The molecule has 0 heterocycles. The van der Waals surface area contributed by atoms with Crippen LogP contribution in [0.2, 0.25) is 0 Å². The van der Waals surface area contributed by atoms with E-state index in [0.29, 0.717) is 0 Å². The van der Waals surface area contributed by atoms with Gasteiger partial charge in [0.1, 0.15) is 5.78 Å². The van der Waals surface area contributed by atoms with Gasteiger partial charge in [-0.2, -0.15) is 0 Å². The zero-order valence-electron chi connectivity index (χ0n) is 8.31. The van der Waals surface area contributed by atoms with Crippen molar-refractivity contribution >= 4 is 5.78 Å². The van der Waals surface area contributed by atoms with Crippen molar-refractivity contribution in [2.45, 2.75) is 33.6 Å². The van der Waals surface area contributed by atoms with Crippen molar-refractivity contribution < 1.29 is 4.79 Å². The van der Waals surface area contributed by atoms with Gasteiger partial charge in [-0.25, -0.2) is 0 Å². The molecule has 12 heavy (non-hydrogen) atoms. The number of nitrogens with one attached hydrogen (secondary N) is 1. The predicted octanol–water partition coefficient (Wildman–Crippen LogP) is 2.11. The van der Waals surface area contributed by atoms with Crippen molar-refractivity contribution in [2.75, 3.05) is 6.54 Å². The molecule has 0 unspecified atom stereocenters. The summed E-state index contributed by atoms with van der Waals surface area (Å²) in [5.74, 6) is 0.488. The van der Waals surface area contributed by atoms with Gasteiger partial charge in [-0.15, -0.1) is 0 Å². The van der Waals surface area contributed by atoms with Gasteiger partial charge in [-0.3, -0.25) is 4.79 Å². The van der Waals surface area contributed by atoms with E-state index in [-0.39, 0.29) is 11.7 Å². The Morgan fingerprint density at radius 2 is 2.08 bits per heavy atom. The number of carbonyl (C=O) groups is 1. The molecule has 1 N–H and O–H groups in total. The Balaban J connectivity index is 3.31. The Morgan fingerprint density at radius 3 is 2.50 bits per heavy atom. The SMILES string of the molecule is C=C(C)NCCC[C@H](C)C(C)=O. The molecule has 70 valence electrons. The molecule has 0 amide bonds. The normalized spacial score (nSPS) is 12.2. The minimum atomic E-state index is 0.205. The second kappa shape index (κ2) is 5.81. The molecule has 0 spiro atoms. The first-order chi connectivity index (χ1) is 5.54. The molecule has 0 saturated heterocycles. The molecule has 0 aromatic rings. The quantitative estimate of drug-likeness (QED) is 0.617. The van der Waals surface area contributed by atoms with Crippen LogP contribution in [0.1, 0.15) is 33.6 Å². The van der Waals surface area contributed by atoms with Gasteiger partial charge in [0.25, 0.3) is 0 Å². The van der Waals surface area contributed by atoms with Crippen molar-refractivity contribution in [3.8, 4) is 0 Å². The van der Waals surface area contributed by atoms with Gasteiger partial charge in [0, 0.05) is 18.2 Å². The van der Waals surface area contributed by atoms with Crippen LogP contribution < -0.4 is 5.32 Å². The first kappa shape index (κ1) is 11.2. The molecule has 0 aliphatic heterocycles. The maximum atomic E-state index is 10.8. The summed E-state index contributed by atoms with van der Waals surface area (Å²) in [7, 11) is 0. The van der Waals surface area contributed by atoms with E-state index in [2.05, 4.69) is 11.9 Å². The highest BCUT2D eigenvalue weighted by atomic mass is 16.1. The summed E-state index contributed by atoms with van der Waals surface area (Å²) in [6, 6.07) is 0. The lowest BCUT2D eigenvalue weighted by molar-refractivity contribution is -0.120. The Morgan fingerprint density at radius 1 is 1.50 bits per heavy atom. The van der Waals surface area contributed by atoms with Gasteiger partial charge in [0.05, 0.1) is 0 Å². The molecule has 0 radical (unpaired) electrons. The molecule has 0 saturated carbocycles. The van der Waals surface area contributed by atoms with Crippen LogP contribution in [0, 0.1) is 5.92 Å². The fourth-order valence-electron chi connectivity index (χ4n) is 0.913. The largest absolute Gasteiger partial charge is 0.389 e. The summed E-state index contributed by atoms with van der Waals surface area (Å²) in [4.78, 5) is 10.8. The van der Waals surface area contributed by atoms with Crippen LogP contribution in [-0.4, -0.2) is 12.3 Å². The van der Waals surface area contributed by atoms with E-state index in [1.54, 1.807) is 6.92 Å². The summed E-state index contributed by atoms with van der Waals surface area (Å²) in [5, 5.41) is 3.13. The van der Waals surface area contributed by atoms with E-state index in [1.807, 2.05) is 13.8 Å². The number of ketones is 1. The molecular formula is C10H19NO. The average Bonchev–Trinajstić information content (AvgIpc) is 1.97. The maximum absolute atomic E-state index is 10.8. The number of rotatable bonds is 6. The van der Waals surface area contributed by atoms with Gasteiger partial charge in [-0.1, -0.05) is 13.5 Å². The second-order valence-electron chi connectivity index (χ2n) is 3.36. The van der Waals surface area contributed by atoms with E-state index in [9.17, 15) is 4.79 Å². The van der Waals surface area contributed by atoms with Gasteiger partial charge < -0.3 is 5.32 Å². The smallest absolute Gasteiger partial charge is 0.132 e. The highest BCUT2D eigenvalue weighted by Crippen LogP contribution is 2.05. The Labute approximate surface area is 75.0 Å². The fraction of sp³-hybridized carbons (Fsp3) is 0.700. The summed E-state index contributed by atoms with van der Waals surface area (Å²) in [6.45, 7) is 10.2. The van der Waals surface area contributed by atoms with Crippen LogP contribution in [-0.2, 0) is 4.79 Å². The minimum Gasteiger partial charge on any atom is -0.389 e. The van der Waals surface area contributed by atoms with Crippen molar-refractivity contribution in [2.24, 2.45) is 5.92 Å². The van der Waals surface area contributed by atoms with Gasteiger partial charge >= 0.3 is 0 Å². The second-order valence-corrected chi connectivity index (χ2v) is 3.36. The van der Waals surface area contributed by atoms with Crippen molar-refractivity contribution in [3.63, 3.8) is 0 Å². The van der Waals surface area contributed by atoms with Gasteiger partial charge in [0.15, 0.2) is 0 Å². The van der Waals surface area contributed by atoms with Crippen LogP contribution in [0.3, 0.4) is 0 Å². The number of carbonyl (C=O) groups excluding carboxylic acids is 1. The van der Waals surface area contributed by atoms with E-state index < -0.39 is 0 Å². The number of allylic oxidation sites excluding steroid dienone is 1. The van der Waals surface area contributed by atoms with Crippen molar-refractivity contribution in [3.05, 3.63) is 12.3 Å². The Hall–Kier alpha value is -0.790. The molecular weight excluding hydrogens is 150 g/mol. The molecule has 0 aliphatic rings. The third kappa shape index (κ3) is 5.96. The lowest BCUT2D eigenvalue weighted by Gasteiger charge is -2.08. The van der Waals surface area contributed by atoms with Gasteiger partial charge in [-0.05, 0) is 26.7 Å². The minimum absolute atomic E-state index is 0.205. The molecule has 0 fully saturated rings. The zero-order chi connectivity index (χ0) is 9.56. The monoisotopic (exact) mass is 169 g/mol. The van der Waals surface area contributed by atoms with E-state index in [4.69, 9.17) is 0 Å². The molecule has 0 bridgehead atoms. The highest BCUT2D eigenvalue weighted by Gasteiger charge is 2.05. The molecule has 0 aliphatic carbocycles. The third-order valence-corrected chi connectivity index (χ3v) is 1.93. The first-order valence-electron chi connectivity index (χ1n) is 4.44. The molecule has 1 atom stereocenters. The molecule has 0 aromatic heterocycles. The van der Waals surface area contributed by atoms with Crippen LogP contribution in [0.5, 0.6) is 0 Å². The Bertz CT molecular complexity index is 163. The predicted molar refractivity (Wildman–Crippen MR) is 51.9 cm³/mol. The summed E-state index contributed by atoms with van der Waals surface area (Å²) >= 11 is 0. The van der Waals surface area contributed by atoms with Crippen LogP contribution in [0.25, 0.3) is 0 Å². The van der Waals surface area contributed by atoms with Crippen molar-refractivity contribution in [1.29, 1.82) is 0 Å². The first-order valence-corrected chi connectivity index (χ1v) is 4.44. The van der Waals surface area contributed by atoms with E-state index in [0.717, 1.165) is 25.1 Å². The highest BCUT2D eigenvalue weighted by molar-refractivity contribution is 5.77. The third-order valence-electron chi connectivity index (χ3n) is 1.93.